The van der Waals surface area contributed by atoms with Gasteiger partial charge in [-0.25, -0.2) is 4.98 Å². The molecule has 5 heteroatoms. The van der Waals surface area contributed by atoms with E-state index in [0.717, 1.165) is 16.3 Å². The summed E-state index contributed by atoms with van der Waals surface area (Å²) in [6.07, 6.45) is 10.0. The number of aromatic nitrogens is 2. The highest BCUT2D eigenvalue weighted by atomic mass is 32.1. The molecule has 1 aliphatic carbocycles. The van der Waals surface area contributed by atoms with Gasteiger partial charge in [0.05, 0.1) is 11.7 Å². The molecule has 3 atom stereocenters. The lowest BCUT2D eigenvalue weighted by Gasteiger charge is -2.17. The Labute approximate surface area is 182 Å². The van der Waals surface area contributed by atoms with Crippen molar-refractivity contribution in [2.45, 2.75) is 63.8 Å². The van der Waals surface area contributed by atoms with Crippen LogP contribution >= 0.6 is 11.3 Å². The Hall–Kier alpha value is -2.53. The first-order valence-corrected chi connectivity index (χ1v) is 11.7. The van der Waals surface area contributed by atoms with Gasteiger partial charge in [-0.1, -0.05) is 36.8 Å². The predicted octanol–water partition coefficient (Wildman–Crippen LogP) is 6.23. The lowest BCUT2D eigenvalue weighted by molar-refractivity contribution is -0.119. The Morgan fingerprint density at radius 2 is 1.80 bits per heavy atom. The Bertz CT molecular complexity index is 968. The number of carbonyl (C=O) groups excluding carboxylic acids is 1. The van der Waals surface area contributed by atoms with Crippen LogP contribution in [0.5, 0.6) is 0 Å². The Kier molecular flexibility index (Phi) is 6.58. The number of rotatable bonds is 5. The van der Waals surface area contributed by atoms with Gasteiger partial charge in [-0.3, -0.25) is 9.78 Å². The molecule has 1 fully saturated rings. The highest BCUT2D eigenvalue weighted by molar-refractivity contribution is 7.15. The van der Waals surface area contributed by atoms with E-state index in [0.29, 0.717) is 11.8 Å². The van der Waals surface area contributed by atoms with Crippen molar-refractivity contribution in [2.75, 3.05) is 0 Å². The van der Waals surface area contributed by atoms with Crippen LogP contribution in [0.3, 0.4) is 0 Å². The Morgan fingerprint density at radius 3 is 2.53 bits per heavy atom. The molecule has 4 rings (SSSR count). The molecule has 0 bridgehead atoms. The van der Waals surface area contributed by atoms with Crippen molar-refractivity contribution in [3.05, 3.63) is 70.9 Å². The maximum atomic E-state index is 11.3. The van der Waals surface area contributed by atoms with Gasteiger partial charge in [0.1, 0.15) is 5.01 Å². The first kappa shape index (κ1) is 20.7. The molecule has 1 saturated carbocycles. The van der Waals surface area contributed by atoms with Crippen LogP contribution in [0.25, 0.3) is 10.7 Å². The third-order valence-corrected chi connectivity index (χ3v) is 7.29. The van der Waals surface area contributed by atoms with Crippen LogP contribution in [-0.2, 0) is 4.79 Å². The highest BCUT2D eigenvalue weighted by Gasteiger charge is 2.23. The molecular formula is C25H29N3OS. The molecule has 1 aliphatic rings. The van der Waals surface area contributed by atoms with Gasteiger partial charge in [0, 0.05) is 24.2 Å². The van der Waals surface area contributed by atoms with Crippen LogP contribution in [-0.4, -0.2) is 15.9 Å². The van der Waals surface area contributed by atoms with Gasteiger partial charge < -0.3 is 5.32 Å². The molecular weight excluding hydrogens is 390 g/mol. The second-order valence-corrected chi connectivity index (χ2v) is 9.34. The molecule has 0 spiro atoms. The lowest BCUT2D eigenvalue weighted by Crippen LogP contribution is -2.23. The number of nitrogens with one attached hydrogen (secondary N) is 1. The number of thiazole rings is 1. The highest BCUT2D eigenvalue weighted by Crippen LogP contribution is 2.41. The first-order valence-electron chi connectivity index (χ1n) is 10.8. The number of carbonyl (C=O) groups is 1. The van der Waals surface area contributed by atoms with Gasteiger partial charge in [-0.2, -0.15) is 0 Å². The number of benzene rings is 1. The SMILES string of the molecule is CC(=O)NC(C)c1ccc(C2CCCC(c3cnc(-c4ccccn4)s3)CC2)cc1. The fourth-order valence-electron chi connectivity index (χ4n) is 4.45. The number of hydrogen-bond acceptors (Lipinski definition) is 4. The van der Waals surface area contributed by atoms with Crippen LogP contribution in [0, 0.1) is 0 Å². The minimum Gasteiger partial charge on any atom is -0.350 e. The summed E-state index contributed by atoms with van der Waals surface area (Å²) in [6.45, 7) is 3.59. The number of pyridine rings is 1. The summed E-state index contributed by atoms with van der Waals surface area (Å²) in [5, 5.41) is 3.98. The van der Waals surface area contributed by atoms with Crippen LogP contribution in [0.2, 0.25) is 0 Å². The van der Waals surface area contributed by atoms with Crippen molar-refractivity contribution >= 4 is 17.2 Å². The maximum Gasteiger partial charge on any atom is 0.217 e. The van der Waals surface area contributed by atoms with Crippen molar-refractivity contribution in [1.29, 1.82) is 0 Å². The summed E-state index contributed by atoms with van der Waals surface area (Å²) in [6, 6.07) is 14.9. The molecule has 4 nitrogen and oxygen atoms in total. The topological polar surface area (TPSA) is 54.9 Å². The molecule has 1 N–H and O–H groups in total. The van der Waals surface area contributed by atoms with Crippen LogP contribution < -0.4 is 5.32 Å². The minimum absolute atomic E-state index is 0.00987. The van der Waals surface area contributed by atoms with Gasteiger partial charge in [-0.15, -0.1) is 11.3 Å². The van der Waals surface area contributed by atoms with Crippen LogP contribution in [0.15, 0.2) is 54.9 Å². The molecule has 2 aromatic heterocycles. The monoisotopic (exact) mass is 419 g/mol. The maximum absolute atomic E-state index is 11.3. The Morgan fingerprint density at radius 1 is 1.03 bits per heavy atom. The largest absolute Gasteiger partial charge is 0.350 e. The van der Waals surface area contributed by atoms with Crippen molar-refractivity contribution in [1.82, 2.24) is 15.3 Å². The summed E-state index contributed by atoms with van der Waals surface area (Å²) in [5.74, 6) is 1.22. The summed E-state index contributed by atoms with van der Waals surface area (Å²) in [4.78, 5) is 21.8. The number of amides is 1. The average molecular weight is 420 g/mol. The molecule has 1 aromatic carbocycles. The van der Waals surface area contributed by atoms with Gasteiger partial charge >= 0.3 is 0 Å². The van der Waals surface area contributed by atoms with Gasteiger partial charge in [0.25, 0.3) is 0 Å². The van der Waals surface area contributed by atoms with E-state index in [2.05, 4.69) is 45.7 Å². The third-order valence-electron chi connectivity index (χ3n) is 6.11. The van der Waals surface area contributed by atoms with Gasteiger partial charge in [-0.05, 0) is 67.7 Å². The zero-order valence-electron chi connectivity index (χ0n) is 17.7. The minimum atomic E-state index is 0.00987. The summed E-state index contributed by atoms with van der Waals surface area (Å²) < 4.78 is 0. The standard InChI is InChI=1S/C25H29N3OS/c1-17(28-18(2)29)19-9-11-21(12-10-19)20-6-5-7-22(14-13-20)24-16-27-25(30-24)23-8-3-4-15-26-23/h3-4,8-12,15-17,20,22H,5-7,13-14H2,1-2H3,(H,28,29). The smallest absolute Gasteiger partial charge is 0.217 e. The summed E-state index contributed by atoms with van der Waals surface area (Å²) >= 11 is 1.80. The molecule has 30 heavy (non-hydrogen) atoms. The fourth-order valence-corrected chi connectivity index (χ4v) is 5.51. The zero-order chi connectivity index (χ0) is 20.9. The first-order chi connectivity index (χ1) is 14.6. The number of nitrogens with zero attached hydrogens (tertiary/aromatic N) is 2. The Balaban J connectivity index is 1.40. The average Bonchev–Trinajstić information content (AvgIpc) is 3.12. The van der Waals surface area contributed by atoms with Crippen molar-refractivity contribution < 1.29 is 4.79 Å². The van der Waals surface area contributed by atoms with E-state index in [4.69, 9.17) is 0 Å². The second kappa shape index (κ2) is 9.52. The molecule has 1 amide bonds. The van der Waals surface area contributed by atoms with Crippen molar-refractivity contribution in [3.63, 3.8) is 0 Å². The van der Waals surface area contributed by atoms with E-state index in [9.17, 15) is 4.79 Å². The molecule has 156 valence electrons. The lowest BCUT2D eigenvalue weighted by atomic mass is 9.90. The van der Waals surface area contributed by atoms with E-state index in [1.807, 2.05) is 31.3 Å². The predicted molar refractivity (Wildman–Crippen MR) is 123 cm³/mol. The molecule has 0 saturated heterocycles. The number of hydrogen-bond donors (Lipinski definition) is 1. The van der Waals surface area contributed by atoms with E-state index in [-0.39, 0.29) is 11.9 Å². The van der Waals surface area contributed by atoms with Gasteiger partial charge in [0.15, 0.2) is 0 Å². The van der Waals surface area contributed by atoms with E-state index >= 15 is 0 Å². The summed E-state index contributed by atoms with van der Waals surface area (Å²) in [7, 11) is 0. The van der Waals surface area contributed by atoms with Crippen LogP contribution in [0.1, 0.15) is 79.8 Å². The molecule has 3 aromatic rings. The molecule has 3 unspecified atom stereocenters. The second-order valence-electron chi connectivity index (χ2n) is 8.27. The van der Waals surface area contributed by atoms with E-state index in [1.165, 1.54) is 42.5 Å². The van der Waals surface area contributed by atoms with E-state index in [1.54, 1.807) is 18.3 Å². The van der Waals surface area contributed by atoms with Crippen LogP contribution in [0.4, 0.5) is 0 Å². The third kappa shape index (κ3) is 4.96. The quantitative estimate of drug-likeness (QED) is 0.499. The zero-order valence-corrected chi connectivity index (χ0v) is 18.5. The molecule has 0 radical (unpaired) electrons. The molecule has 0 aliphatic heterocycles. The van der Waals surface area contributed by atoms with Crippen molar-refractivity contribution in [2.24, 2.45) is 0 Å². The summed E-state index contributed by atoms with van der Waals surface area (Å²) in [5.41, 5.74) is 3.55. The fraction of sp³-hybridized carbons (Fsp3) is 0.400. The van der Waals surface area contributed by atoms with E-state index < -0.39 is 0 Å². The normalized spacial score (nSPS) is 20.3. The van der Waals surface area contributed by atoms with Crippen molar-refractivity contribution in [3.8, 4) is 10.7 Å². The molecule has 2 heterocycles. The van der Waals surface area contributed by atoms with Gasteiger partial charge in [0.2, 0.25) is 5.91 Å².